The minimum atomic E-state index is -1.14. The highest BCUT2D eigenvalue weighted by molar-refractivity contribution is 7.16. The molecule has 1 aliphatic rings. The van der Waals surface area contributed by atoms with E-state index in [1.54, 1.807) is 42.6 Å². The molecule has 3 aromatic rings. The normalized spacial score (nSPS) is 15.4. The van der Waals surface area contributed by atoms with Crippen LogP contribution in [-0.4, -0.2) is 29.8 Å². The molecule has 0 saturated heterocycles. The molecular formula is C28H27Cl3N2O4S. The van der Waals surface area contributed by atoms with Gasteiger partial charge < -0.3 is 15.2 Å². The van der Waals surface area contributed by atoms with Crippen LogP contribution in [0.2, 0.25) is 15.1 Å². The molecule has 0 saturated carbocycles. The van der Waals surface area contributed by atoms with E-state index < -0.39 is 12.6 Å². The van der Waals surface area contributed by atoms with Gasteiger partial charge in [0.2, 0.25) is 0 Å². The molecule has 4 rings (SSSR count). The van der Waals surface area contributed by atoms with Crippen LogP contribution in [0, 0.1) is 11.3 Å². The monoisotopic (exact) mass is 592 g/mol. The van der Waals surface area contributed by atoms with E-state index in [1.165, 1.54) is 16.2 Å². The first kappa shape index (κ1) is 28.4. The number of carbonyl (C=O) groups excluding carboxylic acids is 1. The summed E-state index contributed by atoms with van der Waals surface area (Å²) in [5, 5.41) is 13.4. The zero-order valence-electron chi connectivity index (χ0n) is 21.1. The van der Waals surface area contributed by atoms with E-state index in [-0.39, 0.29) is 27.1 Å². The molecule has 0 aliphatic heterocycles. The van der Waals surface area contributed by atoms with Crippen molar-refractivity contribution in [1.29, 1.82) is 0 Å². The molecule has 0 unspecified atom stereocenters. The van der Waals surface area contributed by atoms with Gasteiger partial charge in [0, 0.05) is 21.8 Å². The largest absolute Gasteiger partial charge is 0.479 e. The van der Waals surface area contributed by atoms with Gasteiger partial charge in [0.1, 0.15) is 5.00 Å². The van der Waals surface area contributed by atoms with E-state index in [2.05, 4.69) is 26.1 Å². The van der Waals surface area contributed by atoms with E-state index in [4.69, 9.17) is 49.6 Å². The number of aliphatic imine (C=N–C) groups is 1. The number of benzene rings is 2. The summed E-state index contributed by atoms with van der Waals surface area (Å²) < 4.78 is 5.19. The van der Waals surface area contributed by atoms with Crippen molar-refractivity contribution < 1.29 is 19.4 Å². The number of amides is 1. The molecule has 0 spiro atoms. The first-order valence-corrected chi connectivity index (χ1v) is 14.0. The Hall–Kier alpha value is -2.58. The van der Waals surface area contributed by atoms with Gasteiger partial charge >= 0.3 is 5.97 Å². The molecule has 10 heteroatoms. The number of rotatable bonds is 7. The second-order valence-electron chi connectivity index (χ2n) is 10.2. The number of nitrogens with zero attached hydrogens (tertiary/aromatic N) is 1. The van der Waals surface area contributed by atoms with Crippen LogP contribution in [0.4, 0.5) is 10.7 Å². The molecule has 38 heavy (non-hydrogen) atoms. The van der Waals surface area contributed by atoms with Gasteiger partial charge in [-0.3, -0.25) is 4.79 Å². The van der Waals surface area contributed by atoms with Crippen LogP contribution in [0.3, 0.4) is 0 Å². The maximum atomic E-state index is 13.5. The molecule has 0 bridgehead atoms. The summed E-state index contributed by atoms with van der Waals surface area (Å²) in [6.07, 6.45) is 4.30. The van der Waals surface area contributed by atoms with Crippen molar-refractivity contribution >= 4 is 74.9 Å². The van der Waals surface area contributed by atoms with Crippen LogP contribution in [0.25, 0.3) is 0 Å². The smallest absolute Gasteiger partial charge is 0.341 e. The lowest BCUT2D eigenvalue weighted by molar-refractivity contribution is -0.139. The van der Waals surface area contributed by atoms with Gasteiger partial charge in [-0.15, -0.1) is 11.3 Å². The summed E-state index contributed by atoms with van der Waals surface area (Å²) >= 11 is 20.1. The van der Waals surface area contributed by atoms with Gasteiger partial charge in [0.25, 0.3) is 5.91 Å². The average molecular weight is 594 g/mol. The Balaban J connectivity index is 1.68. The van der Waals surface area contributed by atoms with Crippen LogP contribution in [0.15, 0.2) is 41.4 Å². The highest BCUT2D eigenvalue weighted by Gasteiger charge is 2.33. The first-order chi connectivity index (χ1) is 17.9. The number of fused-ring (bicyclic) bond motifs is 1. The average Bonchev–Trinajstić information content (AvgIpc) is 3.20. The fourth-order valence-electron chi connectivity index (χ4n) is 4.42. The van der Waals surface area contributed by atoms with E-state index in [9.17, 15) is 9.59 Å². The maximum Gasteiger partial charge on any atom is 0.341 e. The van der Waals surface area contributed by atoms with Crippen molar-refractivity contribution in [2.45, 2.75) is 40.0 Å². The fourth-order valence-corrected chi connectivity index (χ4v) is 6.43. The molecule has 6 nitrogen and oxygen atoms in total. The van der Waals surface area contributed by atoms with Crippen LogP contribution >= 0.6 is 46.1 Å². The number of hydrogen-bond donors (Lipinski definition) is 2. The number of aliphatic carboxylic acids is 1. The SMILES string of the molecule is CC(C)(C)[C@@H]1CCc2c(sc(N=Cc3cc(Cl)c(OCC(=O)O)c(Cl)c3)c2C(=O)Nc2ccc(Cl)cc2)C1. The zero-order chi connectivity index (χ0) is 27.6. The maximum absolute atomic E-state index is 13.5. The van der Waals surface area contributed by atoms with Crippen molar-refractivity contribution in [3.63, 3.8) is 0 Å². The zero-order valence-corrected chi connectivity index (χ0v) is 24.2. The van der Waals surface area contributed by atoms with E-state index in [0.29, 0.717) is 32.8 Å². The Morgan fingerprint density at radius 3 is 2.42 bits per heavy atom. The molecule has 1 aromatic heterocycles. The Morgan fingerprint density at radius 2 is 1.82 bits per heavy atom. The number of thiophene rings is 1. The fraction of sp³-hybridized carbons (Fsp3) is 0.321. The Kier molecular flexibility index (Phi) is 8.72. The van der Waals surface area contributed by atoms with Gasteiger partial charge in [-0.1, -0.05) is 55.6 Å². The standard InChI is InChI=1S/C28H27Cl3N2O4S/c1-28(2,3)16-4-9-19-22(12-16)38-27(24(19)26(36)33-18-7-5-17(29)6-8-18)32-13-15-10-20(30)25(21(31)11-15)37-14-23(34)35/h5-8,10-11,13,16H,4,9,12,14H2,1-3H3,(H,33,36)(H,34,35)/t16-/m1/s1. The Bertz CT molecular complexity index is 1370. The predicted octanol–water partition coefficient (Wildman–Crippen LogP) is 8.33. The van der Waals surface area contributed by atoms with Crippen LogP contribution in [-0.2, 0) is 17.6 Å². The van der Waals surface area contributed by atoms with Crippen molar-refractivity contribution in [2.75, 3.05) is 11.9 Å². The summed E-state index contributed by atoms with van der Waals surface area (Å²) in [6.45, 7) is 6.19. The molecule has 0 fully saturated rings. The number of halogens is 3. The minimum absolute atomic E-state index is 0.0933. The molecule has 1 aliphatic carbocycles. The van der Waals surface area contributed by atoms with E-state index in [0.717, 1.165) is 24.8 Å². The van der Waals surface area contributed by atoms with E-state index >= 15 is 0 Å². The second-order valence-corrected chi connectivity index (χ2v) is 12.5. The molecule has 0 radical (unpaired) electrons. The molecule has 1 heterocycles. The lowest BCUT2D eigenvalue weighted by Crippen LogP contribution is -2.27. The number of nitrogens with one attached hydrogen (secondary N) is 1. The third kappa shape index (κ3) is 6.70. The number of hydrogen-bond acceptors (Lipinski definition) is 5. The summed E-state index contributed by atoms with van der Waals surface area (Å²) in [5.41, 5.74) is 3.01. The van der Waals surface area contributed by atoms with E-state index in [1.807, 2.05) is 0 Å². The molecule has 1 atom stereocenters. The van der Waals surface area contributed by atoms with Gasteiger partial charge in [-0.25, -0.2) is 9.79 Å². The Labute approximate surface area is 240 Å². The molecule has 2 aromatic carbocycles. The van der Waals surface area contributed by atoms with Crippen LogP contribution in [0.1, 0.15) is 53.6 Å². The number of anilines is 1. The molecular weight excluding hydrogens is 567 g/mol. The topological polar surface area (TPSA) is 88.0 Å². The molecule has 1 amide bonds. The van der Waals surface area contributed by atoms with Gasteiger partial charge in [0.05, 0.1) is 15.6 Å². The van der Waals surface area contributed by atoms with Crippen molar-refractivity contribution in [2.24, 2.45) is 16.3 Å². The quantitative estimate of drug-likeness (QED) is 0.270. The van der Waals surface area contributed by atoms with Crippen molar-refractivity contribution in [3.8, 4) is 5.75 Å². The third-order valence-electron chi connectivity index (χ3n) is 6.49. The third-order valence-corrected chi connectivity index (χ3v) is 8.47. The number of carbonyl (C=O) groups is 2. The lowest BCUT2D eigenvalue weighted by atomic mass is 9.72. The van der Waals surface area contributed by atoms with Crippen LogP contribution < -0.4 is 10.1 Å². The molecule has 200 valence electrons. The van der Waals surface area contributed by atoms with Crippen molar-refractivity contribution in [1.82, 2.24) is 0 Å². The van der Waals surface area contributed by atoms with Crippen molar-refractivity contribution in [3.05, 3.63) is 73.0 Å². The highest BCUT2D eigenvalue weighted by atomic mass is 35.5. The Morgan fingerprint density at radius 1 is 1.16 bits per heavy atom. The summed E-state index contributed by atoms with van der Waals surface area (Å²) in [6, 6.07) is 10.1. The number of carboxylic acid groups (broad SMARTS) is 1. The van der Waals surface area contributed by atoms with Gasteiger partial charge in [0.15, 0.2) is 12.4 Å². The highest BCUT2D eigenvalue weighted by Crippen LogP contribution is 2.45. The second kappa shape index (κ2) is 11.7. The van der Waals surface area contributed by atoms with Gasteiger partial charge in [-0.05, 0) is 78.1 Å². The van der Waals surface area contributed by atoms with Crippen LogP contribution in [0.5, 0.6) is 5.75 Å². The molecule has 2 N–H and O–H groups in total. The predicted molar refractivity (Wildman–Crippen MR) is 156 cm³/mol. The lowest BCUT2D eigenvalue weighted by Gasteiger charge is -2.33. The number of carboxylic acids is 1. The summed E-state index contributed by atoms with van der Waals surface area (Å²) in [7, 11) is 0. The summed E-state index contributed by atoms with van der Waals surface area (Å²) in [5.74, 6) is -0.758. The van der Waals surface area contributed by atoms with Gasteiger partial charge in [-0.2, -0.15) is 0 Å². The first-order valence-electron chi connectivity index (χ1n) is 12.0. The minimum Gasteiger partial charge on any atom is -0.479 e. The number of ether oxygens (including phenoxy) is 1. The summed E-state index contributed by atoms with van der Waals surface area (Å²) in [4.78, 5) is 30.2.